The molecule has 34 heavy (non-hydrogen) atoms. The van der Waals surface area contributed by atoms with E-state index in [9.17, 15) is 18.4 Å². The van der Waals surface area contributed by atoms with Gasteiger partial charge in [0.25, 0.3) is 11.5 Å². The van der Waals surface area contributed by atoms with Crippen molar-refractivity contribution in [2.24, 2.45) is 0 Å². The summed E-state index contributed by atoms with van der Waals surface area (Å²) in [6.07, 6.45) is 6.48. The number of unbranched alkanes of at least 4 members (excludes halogenated alkanes) is 1. The number of nitrogens with zero attached hydrogens (tertiary/aromatic N) is 1. The first-order valence-electron chi connectivity index (χ1n) is 10.5. The van der Waals surface area contributed by atoms with Crippen molar-refractivity contribution < 1.29 is 18.3 Å². The van der Waals surface area contributed by atoms with Gasteiger partial charge in [0.05, 0.1) is 5.69 Å². The molecule has 0 aliphatic carbocycles. The quantitative estimate of drug-likeness (QED) is 0.322. The van der Waals surface area contributed by atoms with Gasteiger partial charge in [0.1, 0.15) is 28.5 Å². The Bertz CT molecular complexity index is 1330. The van der Waals surface area contributed by atoms with Crippen molar-refractivity contribution >= 4 is 21.8 Å². The molecule has 8 heteroatoms. The Morgan fingerprint density at radius 1 is 1.18 bits per heavy atom. The Kier molecular flexibility index (Phi) is 8.24. The molecular formula is C26H23BrF2N2O3. The minimum atomic E-state index is -0.730. The number of nitrogens with one attached hydrogen (secondary N) is 1. The number of ether oxygens (including phenoxy) is 1. The van der Waals surface area contributed by atoms with Gasteiger partial charge in [0.2, 0.25) is 0 Å². The fourth-order valence-electron chi connectivity index (χ4n) is 3.37. The predicted molar refractivity (Wildman–Crippen MR) is 130 cm³/mol. The zero-order chi connectivity index (χ0) is 24.8. The second-order valence-electron chi connectivity index (χ2n) is 7.69. The Hall–Kier alpha value is -3.44. The summed E-state index contributed by atoms with van der Waals surface area (Å²) in [6, 6.07) is 9.96. The van der Waals surface area contributed by atoms with Gasteiger partial charge >= 0.3 is 0 Å². The van der Waals surface area contributed by atoms with Gasteiger partial charge in [-0.25, -0.2) is 8.78 Å². The highest BCUT2D eigenvalue weighted by Gasteiger charge is 2.17. The van der Waals surface area contributed by atoms with E-state index in [0.717, 1.165) is 17.7 Å². The predicted octanol–water partition coefficient (Wildman–Crippen LogP) is 5.22. The summed E-state index contributed by atoms with van der Waals surface area (Å²) in [5, 5.41) is 2.82. The lowest BCUT2D eigenvalue weighted by Crippen LogP contribution is -2.26. The Balaban J connectivity index is 1.89. The molecule has 1 N–H and O–H groups in total. The van der Waals surface area contributed by atoms with Crippen LogP contribution in [0.5, 0.6) is 5.75 Å². The van der Waals surface area contributed by atoms with Crippen molar-refractivity contribution in [3.63, 3.8) is 0 Å². The standard InChI is InChI=1S/C26H23BrF2N2O3/c1-4-5-6-11-30-25(32)18-8-7-16(2)22(13-18)31-17(3)12-23(24(27)26(31)33)34-15-19-9-10-20(28)14-21(19)29/h1,7-10,12-14H,5-6,11,15H2,2-3H3,(H,30,32). The summed E-state index contributed by atoms with van der Waals surface area (Å²) in [5.74, 6) is 1.08. The number of carbonyl (C=O) groups is 1. The highest BCUT2D eigenvalue weighted by atomic mass is 79.9. The van der Waals surface area contributed by atoms with E-state index in [2.05, 4.69) is 27.2 Å². The molecular weight excluding hydrogens is 506 g/mol. The summed E-state index contributed by atoms with van der Waals surface area (Å²) < 4.78 is 34.3. The molecule has 3 rings (SSSR count). The van der Waals surface area contributed by atoms with Crippen LogP contribution in [0.2, 0.25) is 0 Å². The molecule has 1 heterocycles. The van der Waals surface area contributed by atoms with Crippen LogP contribution in [-0.2, 0) is 6.61 Å². The minimum Gasteiger partial charge on any atom is -0.487 e. The van der Waals surface area contributed by atoms with Gasteiger partial charge in [0.15, 0.2) is 0 Å². The maximum atomic E-state index is 13.9. The van der Waals surface area contributed by atoms with Crippen LogP contribution in [0.3, 0.4) is 0 Å². The molecule has 0 radical (unpaired) electrons. The smallest absolute Gasteiger partial charge is 0.273 e. The van der Waals surface area contributed by atoms with Crippen LogP contribution < -0.4 is 15.6 Å². The third-order valence-corrected chi connectivity index (χ3v) is 5.92. The number of hydrogen-bond donors (Lipinski definition) is 1. The van der Waals surface area contributed by atoms with E-state index in [1.165, 1.54) is 10.6 Å². The fraction of sp³-hybridized carbons (Fsp3) is 0.231. The number of benzene rings is 2. The number of hydrogen-bond acceptors (Lipinski definition) is 3. The molecule has 3 aromatic rings. The van der Waals surface area contributed by atoms with Gasteiger partial charge in [-0.2, -0.15) is 0 Å². The first-order valence-corrected chi connectivity index (χ1v) is 11.3. The summed E-state index contributed by atoms with van der Waals surface area (Å²) in [4.78, 5) is 25.7. The monoisotopic (exact) mass is 528 g/mol. The lowest BCUT2D eigenvalue weighted by atomic mass is 10.1. The molecule has 0 saturated heterocycles. The summed E-state index contributed by atoms with van der Waals surface area (Å²) in [5.41, 5.74) is 2.07. The molecule has 0 aliphatic heterocycles. The van der Waals surface area contributed by atoms with Crippen molar-refractivity contribution in [1.29, 1.82) is 0 Å². The minimum absolute atomic E-state index is 0.143. The first kappa shape index (κ1) is 25.2. The van der Waals surface area contributed by atoms with E-state index < -0.39 is 17.2 Å². The molecule has 2 aromatic carbocycles. The fourth-order valence-corrected chi connectivity index (χ4v) is 3.77. The molecule has 0 fully saturated rings. The lowest BCUT2D eigenvalue weighted by Gasteiger charge is -2.17. The molecule has 1 amide bonds. The zero-order valence-corrected chi connectivity index (χ0v) is 20.3. The molecule has 5 nitrogen and oxygen atoms in total. The van der Waals surface area contributed by atoms with Gasteiger partial charge in [-0.05, 0) is 66.0 Å². The normalized spacial score (nSPS) is 10.6. The van der Waals surface area contributed by atoms with Gasteiger partial charge in [-0.3, -0.25) is 14.2 Å². The van der Waals surface area contributed by atoms with Gasteiger partial charge in [0, 0.05) is 41.9 Å². The van der Waals surface area contributed by atoms with E-state index in [4.69, 9.17) is 11.2 Å². The number of halogens is 3. The van der Waals surface area contributed by atoms with Crippen LogP contribution in [0.1, 0.15) is 40.0 Å². The molecule has 1 aromatic heterocycles. The van der Waals surface area contributed by atoms with E-state index in [1.807, 2.05) is 6.92 Å². The number of rotatable bonds is 8. The highest BCUT2D eigenvalue weighted by molar-refractivity contribution is 9.10. The van der Waals surface area contributed by atoms with Crippen molar-refractivity contribution in [3.8, 4) is 23.8 Å². The molecule has 0 spiro atoms. The van der Waals surface area contributed by atoms with Crippen molar-refractivity contribution in [3.05, 3.63) is 91.3 Å². The Morgan fingerprint density at radius 3 is 2.65 bits per heavy atom. The number of amides is 1. The van der Waals surface area contributed by atoms with E-state index in [1.54, 1.807) is 31.2 Å². The third-order valence-electron chi connectivity index (χ3n) is 5.19. The maximum Gasteiger partial charge on any atom is 0.273 e. The molecule has 0 aliphatic rings. The van der Waals surface area contributed by atoms with Crippen LogP contribution >= 0.6 is 15.9 Å². The number of pyridine rings is 1. The number of terminal acetylenes is 1. The van der Waals surface area contributed by atoms with E-state index in [-0.39, 0.29) is 28.3 Å². The first-order chi connectivity index (χ1) is 16.2. The average Bonchev–Trinajstić information content (AvgIpc) is 2.80. The largest absolute Gasteiger partial charge is 0.487 e. The third kappa shape index (κ3) is 5.72. The van der Waals surface area contributed by atoms with Gasteiger partial charge in [-0.15, -0.1) is 12.3 Å². The number of aryl methyl sites for hydroxylation is 2. The molecule has 0 saturated carbocycles. The van der Waals surface area contributed by atoms with Crippen LogP contribution in [0.25, 0.3) is 5.69 Å². The SMILES string of the molecule is C#CCCCNC(=O)c1ccc(C)c(-n2c(C)cc(OCc3ccc(F)cc3F)c(Br)c2=O)c1. The van der Waals surface area contributed by atoms with Crippen LogP contribution in [0, 0.1) is 37.8 Å². The lowest BCUT2D eigenvalue weighted by molar-refractivity contribution is 0.0953. The Morgan fingerprint density at radius 2 is 1.94 bits per heavy atom. The van der Waals surface area contributed by atoms with Crippen molar-refractivity contribution in [2.75, 3.05) is 6.54 Å². The summed E-state index contributed by atoms with van der Waals surface area (Å²) in [6.45, 7) is 3.84. The maximum absolute atomic E-state index is 13.9. The number of carbonyl (C=O) groups excluding carboxylic acids is 1. The van der Waals surface area contributed by atoms with Crippen LogP contribution in [-0.4, -0.2) is 17.0 Å². The van der Waals surface area contributed by atoms with E-state index >= 15 is 0 Å². The average molecular weight is 529 g/mol. The molecule has 176 valence electrons. The second kappa shape index (κ2) is 11.1. The van der Waals surface area contributed by atoms with Crippen molar-refractivity contribution in [2.45, 2.75) is 33.3 Å². The van der Waals surface area contributed by atoms with Gasteiger partial charge < -0.3 is 10.1 Å². The molecule has 0 unspecified atom stereocenters. The van der Waals surface area contributed by atoms with Crippen LogP contribution in [0.4, 0.5) is 8.78 Å². The second-order valence-corrected chi connectivity index (χ2v) is 8.49. The number of aromatic nitrogens is 1. The van der Waals surface area contributed by atoms with Gasteiger partial charge in [-0.1, -0.05) is 6.07 Å². The Labute approximate surface area is 204 Å². The highest BCUT2D eigenvalue weighted by Crippen LogP contribution is 2.26. The van der Waals surface area contributed by atoms with Crippen molar-refractivity contribution in [1.82, 2.24) is 9.88 Å². The van der Waals surface area contributed by atoms with E-state index in [0.29, 0.717) is 36.3 Å². The molecule has 0 bridgehead atoms. The molecule has 0 atom stereocenters. The summed E-state index contributed by atoms with van der Waals surface area (Å²) >= 11 is 3.28. The topological polar surface area (TPSA) is 60.3 Å². The zero-order valence-electron chi connectivity index (χ0n) is 18.8. The summed E-state index contributed by atoms with van der Waals surface area (Å²) in [7, 11) is 0. The van der Waals surface area contributed by atoms with Crippen LogP contribution in [0.15, 0.2) is 51.7 Å².